The molecule has 3 rings (SSSR count). The predicted molar refractivity (Wildman–Crippen MR) is 111 cm³/mol. The molecule has 1 N–H and O–H groups in total. The first-order valence-electron chi connectivity index (χ1n) is 9.93. The SMILES string of the molecule is CNC(=O)C(C)N(Cc1cccc(C)c1)C(=O)CCc1ccc2c(c1)OCCO2. The van der Waals surface area contributed by atoms with Gasteiger partial charge in [0.15, 0.2) is 11.5 Å². The van der Waals surface area contributed by atoms with Crippen LogP contribution in [0.5, 0.6) is 11.5 Å². The van der Waals surface area contributed by atoms with Gasteiger partial charge in [-0.15, -0.1) is 0 Å². The molecule has 0 fully saturated rings. The number of benzene rings is 2. The van der Waals surface area contributed by atoms with Gasteiger partial charge in [-0.2, -0.15) is 0 Å². The average Bonchev–Trinajstić information content (AvgIpc) is 2.74. The Morgan fingerprint density at radius 1 is 1.07 bits per heavy atom. The van der Waals surface area contributed by atoms with E-state index in [1.54, 1.807) is 18.9 Å². The van der Waals surface area contributed by atoms with Crippen LogP contribution >= 0.6 is 0 Å². The van der Waals surface area contributed by atoms with Crippen LogP contribution in [-0.4, -0.2) is 43.0 Å². The Morgan fingerprint density at radius 2 is 1.83 bits per heavy atom. The van der Waals surface area contributed by atoms with Crippen LogP contribution in [-0.2, 0) is 22.6 Å². The van der Waals surface area contributed by atoms with Crippen LogP contribution in [0.3, 0.4) is 0 Å². The molecule has 0 aromatic heterocycles. The summed E-state index contributed by atoms with van der Waals surface area (Å²) in [5, 5.41) is 2.64. The quantitative estimate of drug-likeness (QED) is 0.782. The Morgan fingerprint density at radius 3 is 2.55 bits per heavy atom. The van der Waals surface area contributed by atoms with Crippen molar-refractivity contribution in [3.8, 4) is 11.5 Å². The normalized spacial score (nSPS) is 13.5. The first-order valence-corrected chi connectivity index (χ1v) is 9.93. The minimum Gasteiger partial charge on any atom is -0.486 e. The number of fused-ring (bicyclic) bond motifs is 1. The highest BCUT2D eigenvalue weighted by atomic mass is 16.6. The van der Waals surface area contributed by atoms with E-state index in [4.69, 9.17) is 9.47 Å². The number of hydrogen-bond acceptors (Lipinski definition) is 4. The van der Waals surface area contributed by atoms with Gasteiger partial charge in [0, 0.05) is 20.0 Å². The zero-order chi connectivity index (χ0) is 20.8. The van der Waals surface area contributed by atoms with Gasteiger partial charge in [-0.3, -0.25) is 9.59 Å². The highest BCUT2D eigenvalue weighted by Gasteiger charge is 2.25. The number of carbonyl (C=O) groups is 2. The lowest BCUT2D eigenvalue weighted by Crippen LogP contribution is -2.46. The summed E-state index contributed by atoms with van der Waals surface area (Å²) < 4.78 is 11.2. The molecule has 0 bridgehead atoms. The molecule has 2 amide bonds. The topological polar surface area (TPSA) is 67.9 Å². The Labute approximate surface area is 171 Å². The van der Waals surface area contributed by atoms with Gasteiger partial charge in [0.1, 0.15) is 19.3 Å². The number of nitrogens with zero attached hydrogens (tertiary/aromatic N) is 1. The molecule has 1 unspecified atom stereocenters. The second-order valence-electron chi connectivity index (χ2n) is 7.28. The molecular weight excluding hydrogens is 368 g/mol. The van der Waals surface area contributed by atoms with Crippen LogP contribution in [0.25, 0.3) is 0 Å². The largest absolute Gasteiger partial charge is 0.486 e. The lowest BCUT2D eigenvalue weighted by Gasteiger charge is -2.28. The van der Waals surface area contributed by atoms with Gasteiger partial charge in [0.2, 0.25) is 11.8 Å². The van der Waals surface area contributed by atoms with E-state index in [0.717, 1.165) is 28.2 Å². The Hall–Kier alpha value is -3.02. The van der Waals surface area contributed by atoms with E-state index in [9.17, 15) is 9.59 Å². The number of rotatable bonds is 7. The zero-order valence-electron chi connectivity index (χ0n) is 17.2. The number of nitrogens with one attached hydrogen (secondary N) is 1. The highest BCUT2D eigenvalue weighted by Crippen LogP contribution is 2.31. The standard InChI is InChI=1S/C23H28N2O4/c1-16-5-4-6-19(13-16)15-25(17(2)23(27)24-3)22(26)10-8-18-7-9-20-21(14-18)29-12-11-28-20/h4-7,9,13-14,17H,8,10-12,15H2,1-3H3,(H,24,27). The fourth-order valence-electron chi connectivity index (χ4n) is 3.44. The minimum absolute atomic E-state index is 0.0579. The van der Waals surface area contributed by atoms with Crippen LogP contribution in [0.4, 0.5) is 0 Å². The summed E-state index contributed by atoms with van der Waals surface area (Å²) in [6.07, 6.45) is 0.882. The number of hydrogen-bond donors (Lipinski definition) is 1. The van der Waals surface area contributed by atoms with Gasteiger partial charge in [0.25, 0.3) is 0 Å². The van der Waals surface area contributed by atoms with E-state index in [0.29, 0.717) is 32.6 Å². The second-order valence-corrected chi connectivity index (χ2v) is 7.28. The van der Waals surface area contributed by atoms with Crippen molar-refractivity contribution in [2.45, 2.75) is 39.3 Å². The summed E-state index contributed by atoms with van der Waals surface area (Å²) in [7, 11) is 1.59. The Kier molecular flexibility index (Phi) is 6.75. The molecule has 0 spiro atoms. The molecular formula is C23H28N2O4. The molecule has 1 heterocycles. The number of carbonyl (C=O) groups excluding carboxylic acids is 2. The van der Waals surface area contributed by atoms with Gasteiger partial charge >= 0.3 is 0 Å². The average molecular weight is 396 g/mol. The molecule has 0 saturated heterocycles. The van der Waals surface area contributed by atoms with Crippen molar-refractivity contribution in [3.63, 3.8) is 0 Å². The van der Waals surface area contributed by atoms with E-state index in [1.807, 2.05) is 49.4 Å². The van der Waals surface area contributed by atoms with Crippen molar-refractivity contribution in [3.05, 3.63) is 59.2 Å². The summed E-state index contributed by atoms with van der Waals surface area (Å²) in [5.74, 6) is 1.22. The van der Waals surface area contributed by atoms with Crippen molar-refractivity contribution in [1.82, 2.24) is 10.2 Å². The van der Waals surface area contributed by atoms with Crippen molar-refractivity contribution in [2.75, 3.05) is 20.3 Å². The lowest BCUT2D eigenvalue weighted by atomic mass is 10.1. The molecule has 1 aliphatic heterocycles. The summed E-state index contributed by atoms with van der Waals surface area (Å²) in [4.78, 5) is 26.9. The third-order valence-electron chi connectivity index (χ3n) is 5.08. The summed E-state index contributed by atoms with van der Waals surface area (Å²) in [5.41, 5.74) is 3.14. The van der Waals surface area contributed by atoms with E-state index in [1.165, 1.54) is 0 Å². The monoisotopic (exact) mass is 396 g/mol. The number of aryl methyl sites for hydroxylation is 2. The van der Waals surface area contributed by atoms with Crippen molar-refractivity contribution >= 4 is 11.8 Å². The van der Waals surface area contributed by atoms with Crippen LogP contribution in [0.15, 0.2) is 42.5 Å². The second kappa shape index (κ2) is 9.45. The molecule has 0 saturated carbocycles. The molecule has 1 atom stereocenters. The summed E-state index contributed by atoms with van der Waals surface area (Å²) in [6, 6.07) is 13.2. The molecule has 6 heteroatoms. The Balaban J connectivity index is 1.71. The molecule has 0 aliphatic carbocycles. The van der Waals surface area contributed by atoms with Crippen LogP contribution in [0.1, 0.15) is 30.0 Å². The van der Waals surface area contributed by atoms with Crippen molar-refractivity contribution in [2.24, 2.45) is 0 Å². The molecule has 2 aromatic carbocycles. The maximum Gasteiger partial charge on any atom is 0.242 e. The fraction of sp³-hybridized carbons (Fsp3) is 0.391. The zero-order valence-corrected chi connectivity index (χ0v) is 17.2. The minimum atomic E-state index is -0.548. The number of likely N-dealkylation sites (N-methyl/N-ethyl adjacent to an activating group) is 1. The van der Waals surface area contributed by atoms with Gasteiger partial charge in [-0.25, -0.2) is 0 Å². The predicted octanol–water partition coefficient (Wildman–Crippen LogP) is 2.86. The van der Waals surface area contributed by atoms with E-state index >= 15 is 0 Å². The summed E-state index contributed by atoms with van der Waals surface area (Å²) in [6.45, 7) is 5.26. The third-order valence-corrected chi connectivity index (χ3v) is 5.08. The Bertz CT molecular complexity index is 881. The van der Waals surface area contributed by atoms with Crippen molar-refractivity contribution < 1.29 is 19.1 Å². The van der Waals surface area contributed by atoms with Gasteiger partial charge in [-0.1, -0.05) is 35.9 Å². The molecule has 2 aromatic rings. The first kappa shape index (κ1) is 20.7. The lowest BCUT2D eigenvalue weighted by molar-refractivity contribution is -0.140. The maximum absolute atomic E-state index is 13.0. The molecule has 154 valence electrons. The van der Waals surface area contributed by atoms with Crippen LogP contribution in [0.2, 0.25) is 0 Å². The summed E-state index contributed by atoms with van der Waals surface area (Å²) >= 11 is 0. The molecule has 6 nitrogen and oxygen atoms in total. The third kappa shape index (κ3) is 5.28. The molecule has 29 heavy (non-hydrogen) atoms. The smallest absolute Gasteiger partial charge is 0.242 e. The van der Waals surface area contributed by atoms with E-state index in [-0.39, 0.29) is 11.8 Å². The molecule has 1 aliphatic rings. The van der Waals surface area contributed by atoms with Crippen LogP contribution < -0.4 is 14.8 Å². The number of ether oxygens (including phenoxy) is 2. The van der Waals surface area contributed by atoms with Gasteiger partial charge in [0.05, 0.1) is 0 Å². The van der Waals surface area contributed by atoms with Crippen molar-refractivity contribution in [1.29, 1.82) is 0 Å². The van der Waals surface area contributed by atoms with Gasteiger partial charge in [-0.05, 0) is 43.5 Å². The molecule has 0 radical (unpaired) electrons. The van der Waals surface area contributed by atoms with Gasteiger partial charge < -0.3 is 19.7 Å². The van der Waals surface area contributed by atoms with Crippen LogP contribution in [0, 0.1) is 6.92 Å². The highest BCUT2D eigenvalue weighted by molar-refractivity contribution is 5.87. The first-order chi connectivity index (χ1) is 14.0. The number of amides is 2. The van der Waals surface area contributed by atoms with E-state index < -0.39 is 6.04 Å². The fourth-order valence-corrected chi connectivity index (χ4v) is 3.44. The van der Waals surface area contributed by atoms with E-state index in [2.05, 4.69) is 5.32 Å². The maximum atomic E-state index is 13.0.